The molecule has 1 aromatic carbocycles. The van der Waals surface area contributed by atoms with E-state index in [1.807, 2.05) is 12.1 Å². The van der Waals surface area contributed by atoms with Gasteiger partial charge in [-0.3, -0.25) is 0 Å². The Morgan fingerprint density at radius 1 is 0.894 bits per heavy atom. The molecule has 47 heavy (non-hydrogen) atoms. The molecule has 1 saturated heterocycles. The summed E-state index contributed by atoms with van der Waals surface area (Å²) in [6.45, 7) is 24.7. The molecule has 4 nitrogen and oxygen atoms in total. The second-order valence-electron chi connectivity index (χ2n) is 15.9. The van der Waals surface area contributed by atoms with Crippen LogP contribution in [0.25, 0.3) is 0 Å². The van der Waals surface area contributed by atoms with Crippen molar-refractivity contribution in [2.45, 2.75) is 176 Å². The van der Waals surface area contributed by atoms with Crippen molar-refractivity contribution in [1.29, 1.82) is 0 Å². The summed E-state index contributed by atoms with van der Waals surface area (Å²) in [7, 11) is 0.334. The molecule has 1 aromatic rings. The van der Waals surface area contributed by atoms with E-state index in [2.05, 4.69) is 92.0 Å². The fraction of sp³-hybridized carbons (Fsp3) is 0.756. The Labute approximate surface area is 296 Å². The van der Waals surface area contributed by atoms with Gasteiger partial charge in [0.15, 0.2) is 0 Å². The zero-order valence-corrected chi connectivity index (χ0v) is 36.5. The van der Waals surface area contributed by atoms with Crippen LogP contribution < -0.4 is 4.74 Å². The Morgan fingerprint density at radius 2 is 1.47 bits per heavy atom. The minimum absolute atomic E-state index is 0.108. The average molecular weight is 778 g/mol. The fourth-order valence-corrected chi connectivity index (χ4v) is 25.4. The average Bonchev–Trinajstić information content (AvgIpc) is 3.14. The van der Waals surface area contributed by atoms with Gasteiger partial charge < -0.3 is 0 Å². The third-order valence-corrected chi connectivity index (χ3v) is 28.1. The molecule has 0 N–H and O–H groups in total. The van der Waals surface area contributed by atoms with Crippen molar-refractivity contribution >= 4 is 26.5 Å². The van der Waals surface area contributed by atoms with Crippen molar-refractivity contribution < 1.29 is 18.9 Å². The zero-order valence-electron chi connectivity index (χ0n) is 32.6. The van der Waals surface area contributed by atoms with Crippen molar-refractivity contribution in [3.05, 3.63) is 50.8 Å². The van der Waals surface area contributed by atoms with Crippen LogP contribution in [0.5, 0.6) is 5.75 Å². The molecule has 0 aliphatic carbocycles. The summed E-state index contributed by atoms with van der Waals surface area (Å²) in [4.78, 5) is 0. The molecular formula is C41H74O4SiSn. The van der Waals surface area contributed by atoms with Gasteiger partial charge in [-0.05, 0) is 0 Å². The monoisotopic (exact) mass is 778 g/mol. The molecule has 1 aliphatic heterocycles. The number of hydrogen-bond donors (Lipinski definition) is 0. The first-order chi connectivity index (χ1) is 22.4. The zero-order chi connectivity index (χ0) is 34.9. The summed E-state index contributed by atoms with van der Waals surface area (Å²) in [5.41, 5.74) is 4.66. The van der Waals surface area contributed by atoms with Crippen LogP contribution in [0.3, 0.4) is 0 Å². The first kappa shape index (κ1) is 42.6. The summed E-state index contributed by atoms with van der Waals surface area (Å²) < 4.78 is 32.4. The van der Waals surface area contributed by atoms with E-state index in [-0.39, 0.29) is 18.1 Å². The topological polar surface area (TPSA) is 36.9 Å². The maximum atomic E-state index is 7.19. The molecule has 0 bridgehead atoms. The van der Waals surface area contributed by atoms with Crippen LogP contribution in [0.15, 0.2) is 45.2 Å². The van der Waals surface area contributed by atoms with Gasteiger partial charge in [0.25, 0.3) is 0 Å². The SMILES string of the molecule is CCCCC[C@@H]1OCO[C@@](C)(/C=[C](\C)[Sn]([CH2]CCC)([CH2]CCC)[CH2]CCC)[C@H](OCc2ccc(OC)cc2)[C@@H]1C/C(C)=C/[Si](C)(C)C. The van der Waals surface area contributed by atoms with Crippen LogP contribution in [-0.4, -0.2) is 58.2 Å². The van der Waals surface area contributed by atoms with E-state index >= 15 is 0 Å². The number of unbranched alkanes of at least 4 members (excludes halogenated alkanes) is 5. The van der Waals surface area contributed by atoms with E-state index in [9.17, 15) is 0 Å². The van der Waals surface area contributed by atoms with Crippen LogP contribution in [-0.2, 0) is 20.8 Å². The maximum absolute atomic E-state index is 7.19. The quantitative estimate of drug-likeness (QED) is 0.0868. The first-order valence-electron chi connectivity index (χ1n) is 19.2. The van der Waals surface area contributed by atoms with Crippen LogP contribution in [0.1, 0.15) is 125 Å². The third-order valence-electron chi connectivity index (χ3n) is 10.4. The van der Waals surface area contributed by atoms with Crippen molar-refractivity contribution in [3.8, 4) is 5.75 Å². The Hall–Kier alpha value is -0.604. The predicted octanol–water partition coefficient (Wildman–Crippen LogP) is 12.5. The number of benzene rings is 1. The molecule has 1 heterocycles. The predicted molar refractivity (Wildman–Crippen MR) is 209 cm³/mol. The van der Waals surface area contributed by atoms with Gasteiger partial charge in [-0.2, -0.15) is 0 Å². The van der Waals surface area contributed by atoms with Crippen molar-refractivity contribution in [2.24, 2.45) is 5.92 Å². The van der Waals surface area contributed by atoms with Crippen molar-refractivity contribution in [1.82, 2.24) is 0 Å². The molecule has 1 aliphatic rings. The third kappa shape index (κ3) is 14.3. The molecule has 0 radical (unpaired) electrons. The summed E-state index contributed by atoms with van der Waals surface area (Å²) >= 11 is -2.67. The minimum atomic E-state index is -2.67. The van der Waals surface area contributed by atoms with Crippen molar-refractivity contribution in [2.75, 3.05) is 13.9 Å². The molecule has 1 fully saturated rings. The Kier molecular flexibility index (Phi) is 19.5. The molecule has 0 spiro atoms. The van der Waals surface area contributed by atoms with Crippen LogP contribution >= 0.6 is 0 Å². The second kappa shape index (κ2) is 21.6. The normalized spacial score (nSPS) is 23.2. The van der Waals surface area contributed by atoms with E-state index in [0.29, 0.717) is 13.4 Å². The fourth-order valence-electron chi connectivity index (χ4n) is 7.79. The Bertz CT molecular complexity index is 1040. The summed E-state index contributed by atoms with van der Waals surface area (Å²) in [5, 5.41) is 0. The van der Waals surface area contributed by atoms with E-state index in [0.717, 1.165) is 24.2 Å². The number of ether oxygens (including phenoxy) is 4. The molecule has 2 rings (SSSR count). The van der Waals surface area contributed by atoms with E-state index in [1.165, 1.54) is 76.7 Å². The molecule has 0 aromatic heterocycles. The van der Waals surface area contributed by atoms with Gasteiger partial charge in [0.05, 0.1) is 0 Å². The number of hydrogen-bond acceptors (Lipinski definition) is 4. The Morgan fingerprint density at radius 3 is 1.98 bits per heavy atom. The van der Waals surface area contributed by atoms with E-state index in [4.69, 9.17) is 18.9 Å². The van der Waals surface area contributed by atoms with Crippen LogP contribution in [0.4, 0.5) is 0 Å². The van der Waals surface area contributed by atoms with Crippen LogP contribution in [0, 0.1) is 5.92 Å². The molecule has 0 saturated carbocycles. The number of allylic oxidation sites excluding steroid dienone is 2. The van der Waals surface area contributed by atoms with Gasteiger partial charge in [-0.1, -0.05) is 0 Å². The van der Waals surface area contributed by atoms with Gasteiger partial charge >= 0.3 is 298 Å². The number of rotatable bonds is 22. The Balaban J connectivity index is 2.71. The molecule has 4 atom stereocenters. The second-order valence-corrected chi connectivity index (χ2v) is 34.7. The molecule has 6 heteroatoms. The van der Waals surface area contributed by atoms with Gasteiger partial charge in [0.1, 0.15) is 0 Å². The number of methoxy groups -OCH3 is 1. The molecule has 0 unspecified atom stereocenters. The van der Waals surface area contributed by atoms with Gasteiger partial charge in [-0.25, -0.2) is 0 Å². The van der Waals surface area contributed by atoms with Gasteiger partial charge in [-0.15, -0.1) is 0 Å². The van der Waals surface area contributed by atoms with Crippen LogP contribution in [0.2, 0.25) is 33.0 Å². The van der Waals surface area contributed by atoms with Crippen molar-refractivity contribution in [3.63, 3.8) is 0 Å². The summed E-state index contributed by atoms with van der Waals surface area (Å²) in [6.07, 6.45) is 16.2. The molecule has 270 valence electrons. The van der Waals surface area contributed by atoms with Gasteiger partial charge in [0.2, 0.25) is 0 Å². The first-order valence-corrected chi connectivity index (χ1v) is 30.3. The van der Waals surface area contributed by atoms with Gasteiger partial charge in [0, 0.05) is 0 Å². The summed E-state index contributed by atoms with van der Waals surface area (Å²) in [5.74, 6) is 1.08. The summed E-state index contributed by atoms with van der Waals surface area (Å²) in [6, 6.07) is 8.35. The standard InChI is InChI=1S/C29H47O4Si.3C4H9.Sn/c1-9-11-12-13-27-26(19-23(3)21-34(6,7)8)28(29(4,18-10-2)33-22-32-27)31-20-24-14-16-25(30-5)17-15-24;3*1-3-4-2;/h14-18,21,26-28H,9,11-13,19-20,22H2,1-8H3;3*1,3-4H2,2H3;/b18-10?,23-21+;;;;/t26-,27+,28-,29+;;;;/m1..../s1. The molecular weight excluding hydrogens is 703 g/mol. The van der Waals surface area contributed by atoms with E-state index < -0.39 is 32.1 Å². The molecule has 0 amide bonds. The van der Waals surface area contributed by atoms with E-state index in [1.54, 1.807) is 10.7 Å².